The molecule has 2 heterocycles. The van der Waals surface area contributed by atoms with Crippen molar-refractivity contribution in [3.8, 4) is 0 Å². The van der Waals surface area contributed by atoms with E-state index in [-0.39, 0.29) is 6.54 Å². The highest BCUT2D eigenvalue weighted by molar-refractivity contribution is 5.78. The van der Waals surface area contributed by atoms with E-state index in [1.54, 1.807) is 10.9 Å². The summed E-state index contributed by atoms with van der Waals surface area (Å²) in [6, 6.07) is 1.91. The first-order chi connectivity index (χ1) is 8.87. The molecule has 0 saturated carbocycles. The van der Waals surface area contributed by atoms with Crippen LogP contribution < -0.4 is 5.32 Å². The largest absolute Gasteiger partial charge is 0.390 e. The monoisotopic (exact) mass is 272 g/mol. The molecule has 0 aliphatic carbocycles. The van der Waals surface area contributed by atoms with Crippen LogP contribution in [0.1, 0.15) is 17.7 Å². The first kappa shape index (κ1) is 13.8. The quantitative estimate of drug-likeness (QED) is 0.869. The van der Waals surface area contributed by atoms with E-state index < -0.39 is 12.6 Å². The lowest BCUT2D eigenvalue weighted by Crippen LogP contribution is -2.21. The Balaban J connectivity index is 2.00. The number of pyridine rings is 1. The number of rotatable bonds is 4. The van der Waals surface area contributed by atoms with Crippen molar-refractivity contribution in [2.24, 2.45) is 7.05 Å². The summed E-state index contributed by atoms with van der Waals surface area (Å²) in [6.07, 6.45) is -3.28. The van der Waals surface area contributed by atoms with Gasteiger partial charge in [0, 0.05) is 31.7 Å². The zero-order valence-electron chi connectivity index (χ0n) is 10.8. The maximum atomic E-state index is 12.0. The van der Waals surface area contributed by atoms with E-state index in [1.165, 1.54) is 0 Å². The molecule has 2 rings (SSSR count). The number of nitrogens with zero attached hydrogens (tertiary/aromatic N) is 3. The molecule has 2 aromatic heterocycles. The highest BCUT2D eigenvalue weighted by Gasteiger charge is 2.25. The highest BCUT2D eigenvalue weighted by atomic mass is 19.4. The van der Waals surface area contributed by atoms with Crippen LogP contribution in [0.5, 0.6) is 0 Å². The molecule has 0 spiro atoms. The van der Waals surface area contributed by atoms with Gasteiger partial charge in [-0.05, 0) is 18.6 Å². The molecule has 0 bridgehead atoms. The lowest BCUT2D eigenvalue weighted by Gasteiger charge is -2.07. The minimum atomic E-state index is -4.12. The van der Waals surface area contributed by atoms with Crippen molar-refractivity contribution in [1.82, 2.24) is 20.1 Å². The summed E-state index contributed by atoms with van der Waals surface area (Å²) in [5.74, 6) is 0. The first-order valence-electron chi connectivity index (χ1n) is 5.92. The Morgan fingerprint density at radius 3 is 2.79 bits per heavy atom. The molecule has 4 nitrogen and oxygen atoms in total. The van der Waals surface area contributed by atoms with Gasteiger partial charge in [0.05, 0.1) is 12.1 Å². The summed E-state index contributed by atoms with van der Waals surface area (Å²) >= 11 is 0. The van der Waals surface area contributed by atoms with Gasteiger partial charge in [0.15, 0.2) is 5.65 Å². The molecule has 0 aliphatic heterocycles. The molecule has 0 fully saturated rings. The SMILES string of the molecule is Cc1nn(C)c2ncc(CNCCC(F)(F)F)cc12. The fourth-order valence-electron chi connectivity index (χ4n) is 1.91. The summed E-state index contributed by atoms with van der Waals surface area (Å²) < 4.78 is 37.6. The zero-order chi connectivity index (χ0) is 14.0. The smallest absolute Gasteiger partial charge is 0.312 e. The van der Waals surface area contributed by atoms with Crippen LogP contribution in [0.2, 0.25) is 0 Å². The standard InChI is InChI=1S/C12H15F3N4/c1-8-10-5-9(6-16-4-3-12(13,14)15)7-17-11(10)19(2)18-8/h5,7,16H,3-4,6H2,1-2H3. The predicted octanol–water partition coefficient (Wildman–Crippen LogP) is 2.32. The second-order valence-corrected chi connectivity index (χ2v) is 4.47. The Morgan fingerprint density at radius 1 is 1.37 bits per heavy atom. The van der Waals surface area contributed by atoms with Crippen molar-refractivity contribution in [1.29, 1.82) is 0 Å². The molecule has 0 atom stereocenters. The molecule has 19 heavy (non-hydrogen) atoms. The lowest BCUT2D eigenvalue weighted by atomic mass is 10.2. The number of alkyl halides is 3. The molecule has 2 aromatic rings. The molecular formula is C12H15F3N4. The molecule has 7 heteroatoms. The van der Waals surface area contributed by atoms with E-state index in [9.17, 15) is 13.2 Å². The van der Waals surface area contributed by atoms with Crippen molar-refractivity contribution in [2.75, 3.05) is 6.54 Å². The van der Waals surface area contributed by atoms with Crippen LogP contribution in [0.15, 0.2) is 12.3 Å². The molecular weight excluding hydrogens is 257 g/mol. The Bertz CT molecular complexity index is 574. The Kier molecular flexibility index (Phi) is 3.75. The highest BCUT2D eigenvalue weighted by Crippen LogP contribution is 2.19. The van der Waals surface area contributed by atoms with Crippen LogP contribution in [-0.2, 0) is 13.6 Å². The topological polar surface area (TPSA) is 42.7 Å². The van der Waals surface area contributed by atoms with Gasteiger partial charge in [0.1, 0.15) is 0 Å². The number of fused-ring (bicyclic) bond motifs is 1. The number of nitrogens with one attached hydrogen (secondary N) is 1. The van der Waals surface area contributed by atoms with Gasteiger partial charge in [-0.3, -0.25) is 4.68 Å². The normalized spacial score (nSPS) is 12.3. The van der Waals surface area contributed by atoms with Crippen molar-refractivity contribution >= 4 is 11.0 Å². The van der Waals surface area contributed by atoms with Gasteiger partial charge < -0.3 is 5.32 Å². The average molecular weight is 272 g/mol. The van der Waals surface area contributed by atoms with Gasteiger partial charge in [-0.25, -0.2) is 4.98 Å². The van der Waals surface area contributed by atoms with Crippen molar-refractivity contribution < 1.29 is 13.2 Å². The van der Waals surface area contributed by atoms with Gasteiger partial charge in [-0.15, -0.1) is 0 Å². The second-order valence-electron chi connectivity index (χ2n) is 4.47. The third-order valence-electron chi connectivity index (χ3n) is 2.83. The number of halogens is 3. The van der Waals surface area contributed by atoms with Gasteiger partial charge in [0.2, 0.25) is 0 Å². The molecule has 0 aromatic carbocycles. The number of hydrogen-bond acceptors (Lipinski definition) is 3. The van der Waals surface area contributed by atoms with E-state index in [4.69, 9.17) is 0 Å². The van der Waals surface area contributed by atoms with Crippen LogP contribution in [0, 0.1) is 6.92 Å². The Morgan fingerprint density at radius 2 is 2.11 bits per heavy atom. The summed E-state index contributed by atoms with van der Waals surface area (Å²) in [4.78, 5) is 4.27. The fourth-order valence-corrected chi connectivity index (χ4v) is 1.91. The van der Waals surface area contributed by atoms with Crippen LogP contribution in [0.3, 0.4) is 0 Å². The maximum absolute atomic E-state index is 12.0. The summed E-state index contributed by atoms with van der Waals surface area (Å²) in [6.45, 7) is 2.16. The minimum Gasteiger partial charge on any atom is -0.312 e. The van der Waals surface area contributed by atoms with E-state index >= 15 is 0 Å². The van der Waals surface area contributed by atoms with Crippen LogP contribution in [-0.4, -0.2) is 27.5 Å². The summed E-state index contributed by atoms with van der Waals surface area (Å²) in [5.41, 5.74) is 2.49. The Hall–Kier alpha value is -1.63. The van der Waals surface area contributed by atoms with E-state index in [2.05, 4.69) is 15.4 Å². The molecule has 0 amide bonds. The maximum Gasteiger partial charge on any atom is 0.390 e. The van der Waals surface area contributed by atoms with Crippen LogP contribution in [0.4, 0.5) is 13.2 Å². The van der Waals surface area contributed by atoms with E-state index in [0.29, 0.717) is 6.54 Å². The van der Waals surface area contributed by atoms with E-state index in [0.717, 1.165) is 22.3 Å². The average Bonchev–Trinajstić information content (AvgIpc) is 2.59. The molecule has 1 N–H and O–H groups in total. The molecule has 0 aliphatic rings. The second kappa shape index (κ2) is 5.16. The van der Waals surface area contributed by atoms with Gasteiger partial charge in [-0.2, -0.15) is 18.3 Å². The van der Waals surface area contributed by atoms with Crippen LogP contribution >= 0.6 is 0 Å². The number of aromatic nitrogens is 3. The number of hydrogen-bond donors (Lipinski definition) is 1. The Labute approximate surface area is 108 Å². The molecule has 0 saturated heterocycles. The van der Waals surface area contributed by atoms with Crippen molar-refractivity contribution in [2.45, 2.75) is 26.1 Å². The van der Waals surface area contributed by atoms with Crippen LogP contribution in [0.25, 0.3) is 11.0 Å². The van der Waals surface area contributed by atoms with Gasteiger partial charge in [0.25, 0.3) is 0 Å². The van der Waals surface area contributed by atoms with Crippen molar-refractivity contribution in [3.63, 3.8) is 0 Å². The summed E-state index contributed by atoms with van der Waals surface area (Å²) in [5, 5.41) is 7.94. The summed E-state index contributed by atoms with van der Waals surface area (Å²) in [7, 11) is 1.81. The molecule has 0 radical (unpaired) electrons. The van der Waals surface area contributed by atoms with Gasteiger partial charge >= 0.3 is 6.18 Å². The molecule has 0 unspecified atom stereocenters. The predicted molar refractivity (Wildman–Crippen MR) is 65.6 cm³/mol. The van der Waals surface area contributed by atoms with Gasteiger partial charge in [-0.1, -0.05) is 0 Å². The molecule has 104 valence electrons. The lowest BCUT2D eigenvalue weighted by molar-refractivity contribution is -0.133. The first-order valence-corrected chi connectivity index (χ1v) is 5.92. The number of aryl methyl sites for hydroxylation is 2. The van der Waals surface area contributed by atoms with E-state index in [1.807, 2.05) is 20.0 Å². The minimum absolute atomic E-state index is 0.0897. The third-order valence-corrected chi connectivity index (χ3v) is 2.83. The van der Waals surface area contributed by atoms with Crippen molar-refractivity contribution in [3.05, 3.63) is 23.5 Å². The fraction of sp³-hybridized carbons (Fsp3) is 0.500. The third kappa shape index (κ3) is 3.44. The zero-order valence-corrected chi connectivity index (χ0v) is 10.8.